The highest BCUT2D eigenvalue weighted by atomic mass is 32.1. The summed E-state index contributed by atoms with van der Waals surface area (Å²) in [6, 6.07) is 12.7. The van der Waals surface area contributed by atoms with E-state index in [0.29, 0.717) is 0 Å². The number of nitrogens with zero attached hydrogens (tertiary/aromatic N) is 3. The molecule has 98 valence electrons. The smallest absolute Gasteiger partial charge is 0.212 e. The van der Waals surface area contributed by atoms with Crippen molar-refractivity contribution in [1.29, 1.82) is 0 Å². The molecule has 3 aromatic heterocycles. The maximum absolute atomic E-state index is 4.62. The molecule has 0 amide bonds. The lowest BCUT2D eigenvalue weighted by atomic mass is 10.1. The average molecular weight is 297 g/mol. The predicted octanol–water partition coefficient (Wildman–Crippen LogP) is 4.49. The number of thiophene rings is 1. The minimum absolute atomic E-state index is 0.944. The van der Waals surface area contributed by atoms with Gasteiger partial charge in [-0.1, -0.05) is 41.7 Å². The summed E-state index contributed by atoms with van der Waals surface area (Å²) >= 11 is 3.37. The lowest BCUT2D eigenvalue weighted by molar-refractivity contribution is 0.946. The summed E-state index contributed by atoms with van der Waals surface area (Å²) in [5, 5.41) is 7.52. The van der Waals surface area contributed by atoms with Crippen LogP contribution in [0.3, 0.4) is 0 Å². The minimum atomic E-state index is 0.944. The predicted molar refractivity (Wildman–Crippen MR) is 84.4 cm³/mol. The molecule has 0 aliphatic rings. The van der Waals surface area contributed by atoms with Crippen molar-refractivity contribution in [3.63, 3.8) is 0 Å². The van der Waals surface area contributed by atoms with Crippen molar-refractivity contribution in [1.82, 2.24) is 14.6 Å². The molecule has 20 heavy (non-hydrogen) atoms. The number of benzene rings is 1. The van der Waals surface area contributed by atoms with Crippen LogP contribution >= 0.6 is 22.7 Å². The average Bonchev–Trinajstić information content (AvgIpc) is 3.13. The van der Waals surface area contributed by atoms with Gasteiger partial charge in [0.1, 0.15) is 5.01 Å². The number of hydrogen-bond donors (Lipinski definition) is 0. The molecule has 0 spiro atoms. The zero-order valence-electron chi connectivity index (χ0n) is 10.8. The van der Waals surface area contributed by atoms with Gasteiger partial charge in [-0.3, -0.25) is 0 Å². The molecular weight excluding hydrogens is 286 g/mol. The molecule has 0 atom stereocenters. The molecule has 4 aromatic rings. The van der Waals surface area contributed by atoms with Crippen molar-refractivity contribution in [3.05, 3.63) is 53.0 Å². The van der Waals surface area contributed by atoms with Gasteiger partial charge in [0.15, 0.2) is 0 Å². The fourth-order valence-corrected chi connectivity index (χ4v) is 3.64. The highest BCUT2D eigenvalue weighted by molar-refractivity contribution is 7.16. The first-order chi connectivity index (χ1) is 9.79. The highest BCUT2D eigenvalue weighted by Crippen LogP contribution is 2.28. The van der Waals surface area contributed by atoms with Gasteiger partial charge in [0.2, 0.25) is 4.96 Å². The van der Waals surface area contributed by atoms with E-state index in [9.17, 15) is 0 Å². The molecule has 0 aliphatic carbocycles. The fraction of sp³-hybridized carbons (Fsp3) is 0.0667. The van der Waals surface area contributed by atoms with E-state index in [2.05, 4.69) is 51.9 Å². The maximum Gasteiger partial charge on any atom is 0.212 e. The molecule has 3 heterocycles. The van der Waals surface area contributed by atoms with Crippen molar-refractivity contribution in [2.75, 3.05) is 0 Å². The Morgan fingerprint density at radius 2 is 1.85 bits per heavy atom. The van der Waals surface area contributed by atoms with E-state index < -0.39 is 0 Å². The molecule has 5 heteroatoms. The zero-order valence-corrected chi connectivity index (χ0v) is 12.4. The van der Waals surface area contributed by atoms with Gasteiger partial charge in [-0.15, -0.1) is 11.3 Å². The molecule has 0 saturated heterocycles. The Morgan fingerprint density at radius 1 is 1.05 bits per heavy atom. The molecule has 0 bridgehead atoms. The van der Waals surface area contributed by atoms with Gasteiger partial charge in [0, 0.05) is 10.4 Å². The van der Waals surface area contributed by atoms with Crippen LogP contribution in [0.4, 0.5) is 0 Å². The lowest BCUT2D eigenvalue weighted by Crippen LogP contribution is -1.80. The van der Waals surface area contributed by atoms with Gasteiger partial charge in [0.25, 0.3) is 0 Å². The largest absolute Gasteiger partial charge is 0.217 e. The van der Waals surface area contributed by atoms with Gasteiger partial charge in [-0.25, -0.2) is 9.50 Å². The summed E-state index contributed by atoms with van der Waals surface area (Å²) in [4.78, 5) is 6.85. The van der Waals surface area contributed by atoms with Crippen LogP contribution in [0.25, 0.3) is 26.7 Å². The van der Waals surface area contributed by atoms with Crippen LogP contribution in [-0.4, -0.2) is 14.6 Å². The van der Waals surface area contributed by atoms with Gasteiger partial charge in [-0.05, 0) is 23.9 Å². The lowest BCUT2D eigenvalue weighted by Gasteiger charge is -1.99. The van der Waals surface area contributed by atoms with Gasteiger partial charge < -0.3 is 0 Å². The number of rotatable bonds is 2. The molecule has 3 nitrogen and oxygen atoms in total. The number of fused-ring (bicyclic) bond motifs is 1. The molecule has 4 rings (SSSR count). The first-order valence-corrected chi connectivity index (χ1v) is 7.96. The molecule has 0 radical (unpaired) electrons. The maximum atomic E-state index is 4.62. The summed E-state index contributed by atoms with van der Waals surface area (Å²) < 4.78 is 1.85. The van der Waals surface area contributed by atoms with E-state index in [1.54, 1.807) is 22.7 Å². The Bertz CT molecular complexity index is 823. The number of imidazole rings is 1. The molecule has 0 fully saturated rings. The summed E-state index contributed by atoms with van der Waals surface area (Å²) in [7, 11) is 0. The SMILES string of the molecule is Cc1nn2cc(-c3ccc(-c4cccs4)cc3)nc2s1. The summed E-state index contributed by atoms with van der Waals surface area (Å²) in [5.41, 5.74) is 3.35. The van der Waals surface area contributed by atoms with Crippen LogP contribution < -0.4 is 0 Å². The first-order valence-electron chi connectivity index (χ1n) is 6.27. The Morgan fingerprint density at radius 3 is 2.55 bits per heavy atom. The molecule has 0 saturated carbocycles. The number of aromatic nitrogens is 3. The second kappa shape index (κ2) is 4.54. The third kappa shape index (κ3) is 1.95. The minimum Gasteiger partial charge on any atom is -0.217 e. The Kier molecular flexibility index (Phi) is 2.68. The first kappa shape index (κ1) is 11.8. The molecule has 0 aliphatic heterocycles. The summed E-state index contributed by atoms with van der Waals surface area (Å²) in [6.07, 6.45) is 1.99. The van der Waals surface area contributed by atoms with Crippen LogP contribution in [0.15, 0.2) is 48.0 Å². The standard InChI is InChI=1S/C15H11N3S2/c1-10-17-18-9-13(16-15(18)20-10)11-4-6-12(7-5-11)14-3-2-8-19-14/h2-9H,1H3. The number of hydrogen-bond acceptors (Lipinski definition) is 4. The van der Waals surface area contributed by atoms with Crippen molar-refractivity contribution in [2.24, 2.45) is 0 Å². The van der Waals surface area contributed by atoms with Crippen LogP contribution in [-0.2, 0) is 0 Å². The summed E-state index contributed by atoms with van der Waals surface area (Å²) in [6.45, 7) is 1.99. The second-order valence-electron chi connectivity index (χ2n) is 4.53. The van der Waals surface area contributed by atoms with Crippen LogP contribution in [0, 0.1) is 6.92 Å². The fourth-order valence-electron chi connectivity index (χ4n) is 2.19. The van der Waals surface area contributed by atoms with Gasteiger partial charge in [-0.2, -0.15) is 5.10 Å². The van der Waals surface area contributed by atoms with Crippen molar-refractivity contribution < 1.29 is 0 Å². The van der Waals surface area contributed by atoms with E-state index >= 15 is 0 Å². The third-order valence-corrected chi connectivity index (χ3v) is 4.89. The molecule has 0 N–H and O–H groups in total. The molecular formula is C15H11N3S2. The summed E-state index contributed by atoms with van der Waals surface area (Å²) in [5.74, 6) is 0. The second-order valence-corrected chi connectivity index (χ2v) is 6.64. The normalized spacial score (nSPS) is 11.2. The van der Waals surface area contributed by atoms with Crippen molar-refractivity contribution in [2.45, 2.75) is 6.92 Å². The van der Waals surface area contributed by atoms with E-state index in [1.807, 2.05) is 17.6 Å². The topological polar surface area (TPSA) is 30.2 Å². The van der Waals surface area contributed by atoms with E-state index in [4.69, 9.17) is 0 Å². The molecule has 0 unspecified atom stereocenters. The third-order valence-electron chi connectivity index (χ3n) is 3.13. The molecule has 1 aromatic carbocycles. The highest BCUT2D eigenvalue weighted by Gasteiger charge is 2.08. The van der Waals surface area contributed by atoms with Gasteiger partial charge >= 0.3 is 0 Å². The quantitative estimate of drug-likeness (QED) is 0.545. The monoisotopic (exact) mass is 297 g/mol. The Labute approximate surface area is 124 Å². The van der Waals surface area contributed by atoms with Crippen molar-refractivity contribution in [3.8, 4) is 21.7 Å². The van der Waals surface area contributed by atoms with Crippen LogP contribution in [0.2, 0.25) is 0 Å². The van der Waals surface area contributed by atoms with E-state index in [1.165, 1.54) is 10.4 Å². The Hall–Kier alpha value is -1.98. The zero-order chi connectivity index (χ0) is 13.5. The van der Waals surface area contributed by atoms with E-state index in [-0.39, 0.29) is 0 Å². The Balaban J connectivity index is 1.72. The number of aryl methyl sites for hydroxylation is 1. The van der Waals surface area contributed by atoms with Crippen LogP contribution in [0.5, 0.6) is 0 Å². The van der Waals surface area contributed by atoms with E-state index in [0.717, 1.165) is 21.2 Å². The van der Waals surface area contributed by atoms with Crippen molar-refractivity contribution >= 4 is 27.6 Å². The van der Waals surface area contributed by atoms with Gasteiger partial charge in [0.05, 0.1) is 11.9 Å². The van der Waals surface area contributed by atoms with Crippen LogP contribution in [0.1, 0.15) is 5.01 Å².